The third-order valence-corrected chi connectivity index (χ3v) is 5.20. The third kappa shape index (κ3) is 45.1. The van der Waals surface area contributed by atoms with Crippen LogP contribution in [0.3, 0.4) is 0 Å². The number of hydrogen-bond donors (Lipinski definition) is 0. The number of carbonyl (C=O) groups excluding carboxylic acids is 2. The first-order valence-electron chi connectivity index (χ1n) is 12.1. The van der Waals surface area contributed by atoms with Gasteiger partial charge in [0.15, 0.2) is 0 Å². The van der Waals surface area contributed by atoms with Crippen molar-refractivity contribution in [3.8, 4) is 0 Å². The molecule has 4 nitrogen and oxygen atoms in total. The molecule has 174 valence electrons. The minimum absolute atomic E-state index is 0. The van der Waals surface area contributed by atoms with Crippen LogP contribution in [-0.2, 0) is 9.59 Å². The second kappa shape index (κ2) is 37.1. The fourth-order valence-electron chi connectivity index (χ4n) is 3.36. The Hall–Kier alpha value is 1.54. The second-order valence-corrected chi connectivity index (χ2v) is 8.33. The largest absolute Gasteiger partial charge is 1.00 e. The minimum atomic E-state index is -1.63. The van der Waals surface area contributed by atoms with Crippen molar-refractivity contribution < 1.29 is 97.8 Å². The maximum Gasteiger partial charge on any atom is 1.00 e. The number of carbonyl (C=O) groups is 2. The van der Waals surface area contributed by atoms with Crippen molar-refractivity contribution in [1.82, 2.24) is 0 Å². The standard InChI is InChI=1S/C22H45.C3H4O4.Li.2Na/c1-4-6-8-10-12-14-16-18-20-22(3)21-19-17-15-13-11-9-7-5-2;4-2(5)1-3(6)7;;;/h4-21H2,1-3H3;1H2,(H,4,5)(H,6,7);;;/q-1;;3*+1/p-2. The van der Waals surface area contributed by atoms with Crippen molar-refractivity contribution in [2.75, 3.05) is 0 Å². The third-order valence-electron chi connectivity index (χ3n) is 5.20. The monoisotopic (exact) mass is 464 g/mol. The average molecular weight is 465 g/mol. The van der Waals surface area contributed by atoms with Gasteiger partial charge in [-0.25, -0.2) is 0 Å². The molecule has 0 fully saturated rings. The molecule has 0 radical (unpaired) electrons. The summed E-state index contributed by atoms with van der Waals surface area (Å²) in [7, 11) is 0. The molecular formula is C25H47LiNa2O4. The van der Waals surface area contributed by atoms with Gasteiger partial charge in [-0.05, 0) is 0 Å². The van der Waals surface area contributed by atoms with E-state index in [0.717, 1.165) is 0 Å². The van der Waals surface area contributed by atoms with E-state index in [-0.39, 0.29) is 78.0 Å². The molecule has 0 aromatic heterocycles. The van der Waals surface area contributed by atoms with Crippen LogP contribution in [0.5, 0.6) is 0 Å². The van der Waals surface area contributed by atoms with E-state index >= 15 is 0 Å². The van der Waals surface area contributed by atoms with Gasteiger partial charge < -0.3 is 25.7 Å². The van der Waals surface area contributed by atoms with Crippen LogP contribution in [0.2, 0.25) is 0 Å². The fourth-order valence-corrected chi connectivity index (χ4v) is 3.36. The van der Waals surface area contributed by atoms with Gasteiger partial charge in [0.1, 0.15) is 0 Å². The number of unbranched alkanes of at least 4 members (excludes halogenated alkanes) is 14. The second-order valence-electron chi connectivity index (χ2n) is 8.33. The van der Waals surface area contributed by atoms with E-state index in [1.54, 1.807) is 5.92 Å². The van der Waals surface area contributed by atoms with Crippen LogP contribution < -0.4 is 88.2 Å². The van der Waals surface area contributed by atoms with Crippen LogP contribution in [-0.4, -0.2) is 11.9 Å². The molecule has 7 heteroatoms. The van der Waals surface area contributed by atoms with Gasteiger partial charge in [0.05, 0.1) is 0 Å². The quantitative estimate of drug-likeness (QED) is 0.0812. The zero-order valence-electron chi connectivity index (χ0n) is 22.6. The maximum absolute atomic E-state index is 9.28. The summed E-state index contributed by atoms with van der Waals surface area (Å²) < 4.78 is 0. The summed E-state index contributed by atoms with van der Waals surface area (Å²) in [6.45, 7) is 6.98. The average Bonchev–Trinajstić information content (AvgIpc) is 2.65. The van der Waals surface area contributed by atoms with Gasteiger partial charge in [0.25, 0.3) is 0 Å². The number of carboxylic acids is 2. The van der Waals surface area contributed by atoms with Gasteiger partial charge in [-0.15, -0.1) is 0 Å². The Balaban J connectivity index is -0.000000211. The molecule has 0 aliphatic heterocycles. The predicted octanol–water partition coefficient (Wildman–Crippen LogP) is -3.47. The summed E-state index contributed by atoms with van der Waals surface area (Å²) >= 11 is 0. The minimum Gasteiger partial charge on any atom is -0.550 e. The molecule has 0 N–H and O–H groups in total. The smallest absolute Gasteiger partial charge is 0.550 e. The van der Waals surface area contributed by atoms with Crippen molar-refractivity contribution in [3.05, 3.63) is 5.92 Å². The summed E-state index contributed by atoms with van der Waals surface area (Å²) in [4.78, 5) is 18.6. The van der Waals surface area contributed by atoms with E-state index in [2.05, 4.69) is 20.8 Å². The van der Waals surface area contributed by atoms with Gasteiger partial charge in [-0.2, -0.15) is 19.8 Å². The molecule has 0 atom stereocenters. The number of aliphatic carboxylic acids is 2. The summed E-state index contributed by atoms with van der Waals surface area (Å²) in [6, 6.07) is 0. The predicted molar refractivity (Wildman–Crippen MR) is 118 cm³/mol. The van der Waals surface area contributed by atoms with Crippen LogP contribution in [0.1, 0.15) is 143 Å². The van der Waals surface area contributed by atoms with Crippen molar-refractivity contribution in [3.63, 3.8) is 0 Å². The summed E-state index contributed by atoms with van der Waals surface area (Å²) in [5.74, 6) is -1.49. The molecule has 0 aliphatic carbocycles. The number of hydrogen-bond acceptors (Lipinski definition) is 4. The molecule has 0 bridgehead atoms. The Morgan fingerprint density at radius 1 is 0.562 bits per heavy atom. The van der Waals surface area contributed by atoms with E-state index < -0.39 is 18.4 Å². The van der Waals surface area contributed by atoms with Crippen molar-refractivity contribution in [1.29, 1.82) is 0 Å². The number of rotatable bonds is 20. The van der Waals surface area contributed by atoms with Crippen molar-refractivity contribution >= 4 is 11.9 Å². The van der Waals surface area contributed by atoms with Crippen LogP contribution in [0.15, 0.2) is 0 Å². The zero-order valence-corrected chi connectivity index (χ0v) is 26.6. The van der Waals surface area contributed by atoms with Crippen LogP contribution in [0.4, 0.5) is 0 Å². The van der Waals surface area contributed by atoms with Gasteiger partial charge in [0.2, 0.25) is 0 Å². The Bertz CT molecular complexity index is 340. The topological polar surface area (TPSA) is 80.3 Å². The van der Waals surface area contributed by atoms with Crippen molar-refractivity contribution in [2.24, 2.45) is 0 Å². The first-order valence-corrected chi connectivity index (χ1v) is 12.1. The van der Waals surface area contributed by atoms with E-state index in [9.17, 15) is 19.8 Å². The molecule has 0 saturated heterocycles. The van der Waals surface area contributed by atoms with E-state index in [0.29, 0.717) is 0 Å². The molecule has 0 saturated carbocycles. The molecule has 32 heavy (non-hydrogen) atoms. The molecule has 0 aromatic rings. The van der Waals surface area contributed by atoms with Crippen LogP contribution in [0, 0.1) is 5.92 Å². The summed E-state index contributed by atoms with van der Waals surface area (Å²) in [6.07, 6.45) is 24.9. The van der Waals surface area contributed by atoms with Gasteiger partial charge in [-0.1, -0.05) is 117 Å². The summed E-state index contributed by atoms with van der Waals surface area (Å²) in [5, 5.41) is 18.6. The molecule has 0 unspecified atom stereocenters. The van der Waals surface area contributed by atoms with Crippen LogP contribution >= 0.6 is 0 Å². The summed E-state index contributed by atoms with van der Waals surface area (Å²) in [5.41, 5.74) is 0. The molecular weight excluding hydrogens is 417 g/mol. The molecule has 0 rings (SSSR count). The van der Waals surface area contributed by atoms with Gasteiger partial charge in [0, 0.05) is 18.4 Å². The molecule has 0 aliphatic rings. The first kappa shape index (κ1) is 43.6. The molecule has 0 spiro atoms. The Labute approximate surface area is 256 Å². The fraction of sp³-hybridized carbons (Fsp3) is 0.880. The Kier molecular flexibility index (Phi) is 50.5. The maximum atomic E-state index is 9.28. The Morgan fingerprint density at radius 3 is 1.03 bits per heavy atom. The van der Waals surface area contributed by atoms with Gasteiger partial charge in [-0.3, -0.25) is 0 Å². The van der Waals surface area contributed by atoms with E-state index in [4.69, 9.17) is 0 Å². The Morgan fingerprint density at radius 2 is 0.812 bits per heavy atom. The van der Waals surface area contributed by atoms with Crippen LogP contribution in [0.25, 0.3) is 0 Å². The number of carboxylic acid groups (broad SMARTS) is 2. The molecule has 0 heterocycles. The first-order chi connectivity index (χ1) is 13.9. The van der Waals surface area contributed by atoms with E-state index in [1.807, 2.05) is 0 Å². The molecule has 0 amide bonds. The SMILES string of the molecule is CCCCCCCCCC[C-](C)CCCCCCCCCC.O=C([O-])CC(=O)[O-].[Li+].[Na+].[Na+]. The van der Waals surface area contributed by atoms with Gasteiger partial charge >= 0.3 is 78.0 Å². The van der Waals surface area contributed by atoms with Crippen molar-refractivity contribution in [2.45, 2.75) is 143 Å². The normalized spacial score (nSPS) is 9.62. The molecule has 0 aromatic carbocycles. The zero-order chi connectivity index (χ0) is 22.2. The van der Waals surface area contributed by atoms with E-state index in [1.165, 1.54) is 116 Å².